The lowest BCUT2D eigenvalue weighted by Gasteiger charge is -2.25. The molecular formula is C15H19ClN4O2. The van der Waals surface area contributed by atoms with Gasteiger partial charge in [-0.25, -0.2) is 0 Å². The lowest BCUT2D eigenvalue weighted by Crippen LogP contribution is -2.36. The lowest BCUT2D eigenvalue weighted by molar-refractivity contribution is -0.118. The zero-order chi connectivity index (χ0) is 16.3. The molecule has 1 heterocycles. The number of aromatic nitrogens is 3. The summed E-state index contributed by atoms with van der Waals surface area (Å²) < 4.78 is 6.81. The van der Waals surface area contributed by atoms with Gasteiger partial charge >= 0.3 is 6.01 Å². The number of para-hydroxylation sites is 1. The molecule has 0 saturated carbocycles. The van der Waals surface area contributed by atoms with Crippen LogP contribution >= 0.6 is 11.6 Å². The molecule has 2 aromatic rings. The van der Waals surface area contributed by atoms with Crippen molar-refractivity contribution in [2.45, 2.75) is 25.8 Å². The van der Waals surface area contributed by atoms with Crippen molar-refractivity contribution in [1.29, 1.82) is 0 Å². The van der Waals surface area contributed by atoms with Crippen molar-refractivity contribution in [2.75, 3.05) is 12.0 Å². The average Bonchev–Trinajstić information content (AvgIpc) is 2.85. The van der Waals surface area contributed by atoms with E-state index in [1.807, 2.05) is 31.2 Å². The molecule has 0 bridgehead atoms. The second-order valence-corrected chi connectivity index (χ2v) is 5.64. The predicted octanol–water partition coefficient (Wildman–Crippen LogP) is 2.29. The van der Waals surface area contributed by atoms with Gasteiger partial charge in [-0.1, -0.05) is 23.3 Å². The van der Waals surface area contributed by atoms with Gasteiger partial charge in [0.1, 0.15) is 5.38 Å². The van der Waals surface area contributed by atoms with Crippen LogP contribution < -0.4 is 9.64 Å². The number of carbonyl (C=O) groups excluding carboxylic acids is 1. The predicted molar refractivity (Wildman–Crippen MR) is 85.2 cm³/mol. The Morgan fingerprint density at radius 1 is 1.41 bits per heavy atom. The van der Waals surface area contributed by atoms with Crippen LogP contribution in [0.25, 0.3) is 0 Å². The molecule has 1 aromatic carbocycles. The number of halogens is 1. The highest BCUT2D eigenvalue weighted by molar-refractivity contribution is 6.32. The standard InChI is InChI=1S/C15H19ClN4O2/c1-10-7-5-6-8-12(10)20(14(21)11(2)16)9-13-17-18-15(22-4)19(13)3/h5-8,11H,9H2,1-4H3. The minimum absolute atomic E-state index is 0.182. The number of aryl methyl sites for hydroxylation is 1. The molecule has 0 N–H and O–H groups in total. The summed E-state index contributed by atoms with van der Waals surface area (Å²) in [5.41, 5.74) is 1.80. The SMILES string of the molecule is COc1nnc(CN(C(=O)C(C)Cl)c2ccccc2C)n1C. The van der Waals surface area contributed by atoms with Crippen LogP contribution in [0.1, 0.15) is 18.3 Å². The quantitative estimate of drug-likeness (QED) is 0.792. The van der Waals surface area contributed by atoms with E-state index in [2.05, 4.69) is 10.2 Å². The van der Waals surface area contributed by atoms with Crippen LogP contribution in [0.5, 0.6) is 6.01 Å². The second kappa shape index (κ2) is 6.79. The number of amides is 1. The number of hydrogen-bond acceptors (Lipinski definition) is 4. The van der Waals surface area contributed by atoms with E-state index >= 15 is 0 Å². The summed E-state index contributed by atoms with van der Waals surface area (Å²) in [6, 6.07) is 8.05. The van der Waals surface area contributed by atoms with E-state index in [0.29, 0.717) is 11.8 Å². The number of ether oxygens (including phenoxy) is 1. The summed E-state index contributed by atoms with van der Waals surface area (Å²) in [5.74, 6) is 0.434. The molecule has 2 rings (SSSR count). The van der Waals surface area contributed by atoms with Crippen LogP contribution in [-0.2, 0) is 18.4 Å². The smallest absolute Gasteiger partial charge is 0.316 e. The van der Waals surface area contributed by atoms with Gasteiger partial charge in [0, 0.05) is 12.7 Å². The van der Waals surface area contributed by atoms with Crippen molar-refractivity contribution < 1.29 is 9.53 Å². The number of carbonyl (C=O) groups is 1. The molecule has 0 aliphatic rings. The molecule has 0 aliphatic heterocycles. The van der Waals surface area contributed by atoms with Gasteiger partial charge in [0.2, 0.25) is 5.91 Å². The fourth-order valence-electron chi connectivity index (χ4n) is 2.16. The van der Waals surface area contributed by atoms with Crippen molar-refractivity contribution in [3.05, 3.63) is 35.7 Å². The highest BCUT2D eigenvalue weighted by atomic mass is 35.5. The molecule has 0 saturated heterocycles. The topological polar surface area (TPSA) is 60.3 Å². The highest BCUT2D eigenvalue weighted by Crippen LogP contribution is 2.23. The average molecular weight is 323 g/mol. The molecule has 22 heavy (non-hydrogen) atoms. The molecule has 1 unspecified atom stereocenters. The van der Waals surface area contributed by atoms with Gasteiger partial charge in [0.15, 0.2) is 5.82 Å². The Kier molecular flexibility index (Phi) is 5.03. The first-order chi connectivity index (χ1) is 10.5. The van der Waals surface area contributed by atoms with Gasteiger partial charge in [0.05, 0.1) is 13.7 Å². The highest BCUT2D eigenvalue weighted by Gasteiger charge is 2.24. The third-order valence-electron chi connectivity index (χ3n) is 3.42. The summed E-state index contributed by atoms with van der Waals surface area (Å²) in [4.78, 5) is 14.1. The number of hydrogen-bond donors (Lipinski definition) is 0. The Bertz CT molecular complexity index is 669. The Hall–Kier alpha value is -2.08. The van der Waals surface area contributed by atoms with E-state index in [1.54, 1.807) is 23.4 Å². The minimum atomic E-state index is -0.630. The number of anilines is 1. The molecule has 0 radical (unpaired) electrons. The van der Waals surface area contributed by atoms with E-state index in [0.717, 1.165) is 11.3 Å². The van der Waals surface area contributed by atoms with Gasteiger partial charge in [-0.05, 0) is 25.5 Å². The molecule has 1 atom stereocenters. The third-order valence-corrected chi connectivity index (χ3v) is 3.61. The Morgan fingerprint density at radius 3 is 2.64 bits per heavy atom. The van der Waals surface area contributed by atoms with Crippen LogP contribution in [-0.4, -0.2) is 33.2 Å². The molecule has 6 nitrogen and oxygen atoms in total. The van der Waals surface area contributed by atoms with E-state index in [-0.39, 0.29) is 12.5 Å². The summed E-state index contributed by atoms with van der Waals surface area (Å²) in [5, 5.41) is 7.37. The van der Waals surface area contributed by atoms with Crippen LogP contribution in [0.3, 0.4) is 0 Å². The summed E-state index contributed by atoms with van der Waals surface area (Å²) in [6.07, 6.45) is 0. The number of benzene rings is 1. The van der Waals surface area contributed by atoms with Gasteiger partial charge in [-0.15, -0.1) is 16.7 Å². The lowest BCUT2D eigenvalue weighted by atomic mass is 10.1. The maximum atomic E-state index is 12.5. The Balaban J connectivity index is 2.39. The van der Waals surface area contributed by atoms with Crippen molar-refractivity contribution in [3.8, 4) is 6.01 Å². The van der Waals surface area contributed by atoms with Crippen LogP contribution in [0.2, 0.25) is 0 Å². The van der Waals surface area contributed by atoms with Crippen LogP contribution in [0.15, 0.2) is 24.3 Å². The van der Waals surface area contributed by atoms with E-state index in [4.69, 9.17) is 16.3 Å². The molecule has 1 amide bonds. The summed E-state index contributed by atoms with van der Waals surface area (Å²) >= 11 is 6.00. The van der Waals surface area contributed by atoms with Gasteiger partial charge in [-0.3, -0.25) is 9.36 Å². The normalized spacial score (nSPS) is 12.0. The molecule has 0 spiro atoms. The second-order valence-electron chi connectivity index (χ2n) is 4.99. The van der Waals surface area contributed by atoms with E-state index < -0.39 is 5.38 Å². The summed E-state index contributed by atoms with van der Waals surface area (Å²) in [6.45, 7) is 3.88. The van der Waals surface area contributed by atoms with Crippen molar-refractivity contribution in [3.63, 3.8) is 0 Å². The molecule has 118 valence electrons. The molecule has 0 aliphatic carbocycles. The fourth-order valence-corrected chi connectivity index (χ4v) is 2.28. The molecular weight excluding hydrogens is 304 g/mol. The molecule has 7 heteroatoms. The third kappa shape index (κ3) is 3.22. The van der Waals surface area contributed by atoms with Crippen LogP contribution in [0, 0.1) is 6.92 Å². The zero-order valence-electron chi connectivity index (χ0n) is 13.1. The maximum Gasteiger partial charge on any atom is 0.316 e. The largest absolute Gasteiger partial charge is 0.467 e. The number of rotatable bonds is 5. The van der Waals surface area contributed by atoms with Gasteiger partial charge in [0.25, 0.3) is 0 Å². The summed E-state index contributed by atoms with van der Waals surface area (Å²) in [7, 11) is 3.32. The van der Waals surface area contributed by atoms with Crippen molar-refractivity contribution in [1.82, 2.24) is 14.8 Å². The van der Waals surface area contributed by atoms with Gasteiger partial charge < -0.3 is 9.64 Å². The first-order valence-corrected chi connectivity index (χ1v) is 7.32. The monoisotopic (exact) mass is 322 g/mol. The van der Waals surface area contributed by atoms with Gasteiger partial charge in [-0.2, -0.15) is 0 Å². The molecule has 0 fully saturated rings. The van der Waals surface area contributed by atoms with Crippen molar-refractivity contribution in [2.24, 2.45) is 7.05 Å². The van der Waals surface area contributed by atoms with E-state index in [9.17, 15) is 4.79 Å². The molecule has 1 aromatic heterocycles. The first-order valence-electron chi connectivity index (χ1n) is 6.89. The fraction of sp³-hybridized carbons (Fsp3) is 0.400. The van der Waals surface area contributed by atoms with Crippen molar-refractivity contribution >= 4 is 23.2 Å². The number of methoxy groups -OCH3 is 1. The number of nitrogens with zero attached hydrogens (tertiary/aromatic N) is 4. The van der Waals surface area contributed by atoms with Crippen LogP contribution in [0.4, 0.5) is 5.69 Å². The van der Waals surface area contributed by atoms with E-state index in [1.165, 1.54) is 7.11 Å². The maximum absolute atomic E-state index is 12.5. The number of alkyl halides is 1. The minimum Gasteiger partial charge on any atom is -0.467 e. The Labute approximate surface area is 134 Å². The zero-order valence-corrected chi connectivity index (χ0v) is 13.8. The Morgan fingerprint density at radius 2 is 2.09 bits per heavy atom. The first kappa shape index (κ1) is 16.3.